The Labute approximate surface area is 101 Å². The first-order valence-corrected chi connectivity index (χ1v) is 5.61. The highest BCUT2D eigenvalue weighted by Gasteiger charge is 2.26. The number of hydrogen-bond acceptors (Lipinski definition) is 2. The Kier molecular flexibility index (Phi) is 3.94. The molecule has 0 aliphatic rings. The van der Waals surface area contributed by atoms with E-state index in [0.717, 1.165) is 5.56 Å². The summed E-state index contributed by atoms with van der Waals surface area (Å²) in [6.45, 7) is 5.50. The molecule has 0 aliphatic carbocycles. The molecule has 0 bridgehead atoms. The third-order valence-electron chi connectivity index (χ3n) is 2.70. The van der Waals surface area contributed by atoms with Crippen molar-refractivity contribution in [1.82, 2.24) is 0 Å². The maximum atomic E-state index is 11.8. The van der Waals surface area contributed by atoms with Crippen molar-refractivity contribution in [3.8, 4) is 0 Å². The number of nitrogens with one attached hydrogen (secondary N) is 1. The number of benzene rings is 1. The summed E-state index contributed by atoms with van der Waals surface area (Å²) in [6.07, 6.45) is 0.582. The fourth-order valence-electron chi connectivity index (χ4n) is 1.15. The Morgan fingerprint density at radius 3 is 2.75 bits per heavy atom. The maximum Gasteiger partial charge on any atom is 0.244 e. The van der Waals surface area contributed by atoms with E-state index in [1.54, 1.807) is 19.1 Å². The van der Waals surface area contributed by atoms with Crippen LogP contribution in [-0.2, 0) is 4.79 Å². The molecule has 3 nitrogen and oxygen atoms in total. The molecule has 1 amide bonds. The van der Waals surface area contributed by atoms with Gasteiger partial charge in [0.25, 0.3) is 0 Å². The summed E-state index contributed by atoms with van der Waals surface area (Å²) in [5.41, 5.74) is 6.67. The van der Waals surface area contributed by atoms with E-state index in [9.17, 15) is 4.79 Å². The van der Waals surface area contributed by atoms with Gasteiger partial charge in [-0.2, -0.15) is 0 Å². The van der Waals surface area contributed by atoms with Crippen molar-refractivity contribution in [3.05, 3.63) is 28.8 Å². The first-order valence-electron chi connectivity index (χ1n) is 5.23. The summed E-state index contributed by atoms with van der Waals surface area (Å²) in [7, 11) is 0. The second-order valence-corrected chi connectivity index (χ2v) is 4.62. The molecular formula is C12H17ClN2O. The molecule has 1 aromatic carbocycles. The van der Waals surface area contributed by atoms with Crippen LogP contribution in [-0.4, -0.2) is 11.4 Å². The van der Waals surface area contributed by atoms with E-state index in [-0.39, 0.29) is 5.91 Å². The van der Waals surface area contributed by atoms with Crippen LogP contribution in [0.1, 0.15) is 25.8 Å². The van der Waals surface area contributed by atoms with Crippen LogP contribution in [0.5, 0.6) is 0 Å². The van der Waals surface area contributed by atoms with Gasteiger partial charge in [0.15, 0.2) is 0 Å². The lowest BCUT2D eigenvalue weighted by Gasteiger charge is -2.22. The van der Waals surface area contributed by atoms with Gasteiger partial charge in [-0.15, -0.1) is 0 Å². The van der Waals surface area contributed by atoms with Crippen molar-refractivity contribution in [2.45, 2.75) is 32.7 Å². The summed E-state index contributed by atoms with van der Waals surface area (Å²) in [4.78, 5) is 11.8. The van der Waals surface area contributed by atoms with Gasteiger partial charge in [-0.3, -0.25) is 4.79 Å². The average Bonchev–Trinajstić information content (AvgIpc) is 2.23. The minimum Gasteiger partial charge on any atom is -0.324 e. The summed E-state index contributed by atoms with van der Waals surface area (Å²) in [5, 5.41) is 3.39. The van der Waals surface area contributed by atoms with Crippen molar-refractivity contribution in [2.24, 2.45) is 5.73 Å². The first-order chi connectivity index (χ1) is 7.36. The summed E-state index contributed by atoms with van der Waals surface area (Å²) >= 11 is 5.87. The van der Waals surface area contributed by atoms with Gasteiger partial charge in [0.2, 0.25) is 5.91 Å². The molecule has 88 valence electrons. The monoisotopic (exact) mass is 240 g/mol. The molecule has 0 radical (unpaired) electrons. The van der Waals surface area contributed by atoms with Gasteiger partial charge < -0.3 is 11.1 Å². The van der Waals surface area contributed by atoms with Crippen molar-refractivity contribution < 1.29 is 4.79 Å². The normalized spacial score (nSPS) is 14.3. The fourth-order valence-corrected chi connectivity index (χ4v) is 1.33. The van der Waals surface area contributed by atoms with Crippen LogP contribution in [0.15, 0.2) is 18.2 Å². The smallest absolute Gasteiger partial charge is 0.244 e. The standard InChI is InChI=1S/C12H17ClN2O/c1-4-12(3,14)11(16)15-10-7-9(13)6-5-8(10)2/h5-7H,4,14H2,1-3H3,(H,15,16). The van der Waals surface area contributed by atoms with Crippen LogP contribution in [0.4, 0.5) is 5.69 Å². The van der Waals surface area contributed by atoms with Gasteiger partial charge in [-0.1, -0.05) is 24.6 Å². The molecule has 1 aromatic rings. The van der Waals surface area contributed by atoms with Gasteiger partial charge in [0.05, 0.1) is 5.54 Å². The fraction of sp³-hybridized carbons (Fsp3) is 0.417. The number of aryl methyl sites for hydroxylation is 1. The van der Waals surface area contributed by atoms with E-state index in [1.165, 1.54) is 0 Å². The Hall–Kier alpha value is -1.06. The number of hydrogen-bond donors (Lipinski definition) is 2. The predicted octanol–water partition coefficient (Wildman–Crippen LogP) is 2.71. The van der Waals surface area contributed by atoms with E-state index in [0.29, 0.717) is 17.1 Å². The molecule has 4 heteroatoms. The SMILES string of the molecule is CCC(C)(N)C(=O)Nc1cc(Cl)ccc1C. The lowest BCUT2D eigenvalue weighted by molar-refractivity contribution is -0.120. The Bertz CT molecular complexity index is 402. The molecule has 0 aliphatic heterocycles. The molecule has 0 aromatic heterocycles. The Balaban J connectivity index is 2.89. The number of carbonyl (C=O) groups is 1. The first kappa shape index (κ1) is 13.0. The van der Waals surface area contributed by atoms with Crippen LogP contribution in [0.25, 0.3) is 0 Å². The van der Waals surface area contributed by atoms with Crippen LogP contribution < -0.4 is 11.1 Å². The van der Waals surface area contributed by atoms with Crippen LogP contribution >= 0.6 is 11.6 Å². The Morgan fingerprint density at radius 1 is 1.56 bits per heavy atom. The van der Waals surface area contributed by atoms with Gasteiger partial charge in [-0.05, 0) is 38.0 Å². The van der Waals surface area contributed by atoms with Crippen LogP contribution in [0.3, 0.4) is 0 Å². The molecule has 1 unspecified atom stereocenters. The van der Waals surface area contributed by atoms with E-state index in [1.807, 2.05) is 19.9 Å². The third kappa shape index (κ3) is 2.97. The van der Waals surface area contributed by atoms with Gasteiger partial charge in [-0.25, -0.2) is 0 Å². The highest BCUT2D eigenvalue weighted by molar-refractivity contribution is 6.31. The topological polar surface area (TPSA) is 55.1 Å². The largest absolute Gasteiger partial charge is 0.324 e. The number of anilines is 1. The molecule has 0 fully saturated rings. The zero-order valence-corrected chi connectivity index (χ0v) is 10.6. The average molecular weight is 241 g/mol. The van der Waals surface area contributed by atoms with E-state index in [4.69, 9.17) is 17.3 Å². The number of nitrogens with two attached hydrogens (primary N) is 1. The maximum absolute atomic E-state index is 11.8. The van der Waals surface area contributed by atoms with Crippen molar-refractivity contribution >= 4 is 23.2 Å². The van der Waals surface area contributed by atoms with E-state index >= 15 is 0 Å². The molecule has 0 saturated heterocycles. The molecule has 1 atom stereocenters. The molecule has 0 saturated carbocycles. The third-order valence-corrected chi connectivity index (χ3v) is 2.94. The quantitative estimate of drug-likeness (QED) is 0.854. The zero-order valence-electron chi connectivity index (χ0n) is 9.80. The Morgan fingerprint density at radius 2 is 2.19 bits per heavy atom. The lowest BCUT2D eigenvalue weighted by Crippen LogP contribution is -2.47. The number of amides is 1. The second-order valence-electron chi connectivity index (χ2n) is 4.18. The van der Waals surface area contributed by atoms with Crippen molar-refractivity contribution in [3.63, 3.8) is 0 Å². The second kappa shape index (κ2) is 4.85. The zero-order chi connectivity index (χ0) is 12.3. The summed E-state index contributed by atoms with van der Waals surface area (Å²) < 4.78 is 0. The van der Waals surface area contributed by atoms with E-state index in [2.05, 4.69) is 5.32 Å². The van der Waals surface area contributed by atoms with Gasteiger partial charge in [0.1, 0.15) is 0 Å². The molecule has 0 spiro atoms. The number of halogens is 1. The van der Waals surface area contributed by atoms with Crippen LogP contribution in [0, 0.1) is 6.92 Å². The highest BCUT2D eigenvalue weighted by atomic mass is 35.5. The number of carbonyl (C=O) groups excluding carboxylic acids is 1. The number of rotatable bonds is 3. The molecule has 3 N–H and O–H groups in total. The van der Waals surface area contributed by atoms with E-state index < -0.39 is 5.54 Å². The molecule has 1 rings (SSSR count). The minimum atomic E-state index is -0.852. The van der Waals surface area contributed by atoms with Crippen molar-refractivity contribution in [1.29, 1.82) is 0 Å². The minimum absolute atomic E-state index is 0.194. The molecular weight excluding hydrogens is 224 g/mol. The molecule has 16 heavy (non-hydrogen) atoms. The van der Waals surface area contributed by atoms with Crippen LogP contribution in [0.2, 0.25) is 5.02 Å². The van der Waals surface area contributed by atoms with Gasteiger partial charge in [0, 0.05) is 10.7 Å². The lowest BCUT2D eigenvalue weighted by atomic mass is 9.99. The van der Waals surface area contributed by atoms with Crippen molar-refractivity contribution in [2.75, 3.05) is 5.32 Å². The summed E-state index contributed by atoms with van der Waals surface area (Å²) in [5.74, 6) is -0.194. The summed E-state index contributed by atoms with van der Waals surface area (Å²) in [6, 6.07) is 5.37. The highest BCUT2D eigenvalue weighted by Crippen LogP contribution is 2.21. The predicted molar refractivity (Wildman–Crippen MR) is 67.7 cm³/mol. The molecule has 0 heterocycles. The van der Waals surface area contributed by atoms with Gasteiger partial charge >= 0.3 is 0 Å².